The third-order valence-corrected chi connectivity index (χ3v) is 4.60. The van der Waals surface area contributed by atoms with Crippen LogP contribution in [0.1, 0.15) is 48.0 Å². The Bertz CT molecular complexity index is 847. The zero-order chi connectivity index (χ0) is 19.9. The van der Waals surface area contributed by atoms with Gasteiger partial charge < -0.3 is 15.4 Å². The van der Waals surface area contributed by atoms with E-state index >= 15 is 0 Å². The molecule has 0 bridgehead atoms. The number of anilines is 1. The van der Waals surface area contributed by atoms with E-state index in [0.717, 1.165) is 18.4 Å². The van der Waals surface area contributed by atoms with E-state index in [-0.39, 0.29) is 11.9 Å². The van der Waals surface area contributed by atoms with Gasteiger partial charge in [-0.25, -0.2) is 0 Å². The molecule has 0 unspecified atom stereocenters. The van der Waals surface area contributed by atoms with Crippen molar-refractivity contribution in [1.29, 1.82) is 0 Å². The van der Waals surface area contributed by atoms with Crippen LogP contribution in [0, 0.1) is 0 Å². The third-order valence-electron chi connectivity index (χ3n) is 4.60. The summed E-state index contributed by atoms with van der Waals surface area (Å²) in [5, 5.41) is 5.56. The summed E-state index contributed by atoms with van der Waals surface area (Å²) >= 11 is 0. The van der Waals surface area contributed by atoms with Crippen molar-refractivity contribution < 1.29 is 19.1 Å². The number of benzene rings is 2. The first kappa shape index (κ1) is 19.6. The lowest BCUT2D eigenvalue weighted by molar-refractivity contribution is -0.149. The number of carbonyl (C=O) groups excluding carboxylic acids is 3. The molecule has 3 rings (SSSR count). The van der Waals surface area contributed by atoms with Crippen molar-refractivity contribution >= 4 is 23.5 Å². The Kier molecular flexibility index (Phi) is 6.42. The number of hydrogen-bond donors (Lipinski definition) is 2. The van der Waals surface area contributed by atoms with Gasteiger partial charge in [-0.2, -0.15) is 0 Å². The molecule has 0 aromatic heterocycles. The Morgan fingerprint density at radius 3 is 2.39 bits per heavy atom. The van der Waals surface area contributed by atoms with Crippen molar-refractivity contribution in [2.75, 3.05) is 11.9 Å². The van der Waals surface area contributed by atoms with Gasteiger partial charge in [-0.3, -0.25) is 14.4 Å². The average molecular weight is 380 g/mol. The number of esters is 1. The Morgan fingerprint density at radius 2 is 1.71 bits per heavy atom. The van der Waals surface area contributed by atoms with Crippen LogP contribution in [0.2, 0.25) is 0 Å². The summed E-state index contributed by atoms with van der Waals surface area (Å²) in [6, 6.07) is 16.3. The van der Waals surface area contributed by atoms with E-state index in [1.165, 1.54) is 0 Å². The standard InChI is InChI=1S/C22H24N2O4/c1-2-17(15-8-4-3-5-9-15)22(27)28-14-20(25)24-19-11-7-6-10-18(19)21(26)23-16-12-13-16/h3-11,16-17H,2,12-14H2,1H3,(H,23,26)(H,24,25)/t17-/m0/s1. The molecule has 2 aromatic carbocycles. The van der Waals surface area contributed by atoms with Gasteiger partial charge in [0.1, 0.15) is 0 Å². The van der Waals surface area contributed by atoms with Crippen LogP contribution in [-0.4, -0.2) is 30.4 Å². The van der Waals surface area contributed by atoms with Crippen LogP contribution in [0.15, 0.2) is 54.6 Å². The largest absolute Gasteiger partial charge is 0.455 e. The fourth-order valence-corrected chi connectivity index (χ4v) is 2.93. The average Bonchev–Trinajstić information content (AvgIpc) is 3.52. The molecule has 0 saturated heterocycles. The van der Waals surface area contributed by atoms with E-state index in [1.807, 2.05) is 37.3 Å². The van der Waals surface area contributed by atoms with E-state index in [0.29, 0.717) is 17.7 Å². The van der Waals surface area contributed by atoms with Crippen LogP contribution in [-0.2, 0) is 14.3 Å². The maximum absolute atomic E-state index is 12.4. The van der Waals surface area contributed by atoms with Gasteiger partial charge in [-0.15, -0.1) is 0 Å². The molecule has 2 N–H and O–H groups in total. The lowest BCUT2D eigenvalue weighted by atomic mass is 9.97. The smallest absolute Gasteiger partial charge is 0.313 e. The monoisotopic (exact) mass is 380 g/mol. The molecule has 0 radical (unpaired) electrons. The number of ether oxygens (including phenoxy) is 1. The lowest BCUT2D eigenvalue weighted by Gasteiger charge is -2.15. The van der Waals surface area contributed by atoms with Crippen molar-refractivity contribution in [3.8, 4) is 0 Å². The molecule has 1 atom stereocenters. The molecule has 1 saturated carbocycles. The first-order chi connectivity index (χ1) is 13.6. The molecule has 0 aliphatic heterocycles. The predicted molar refractivity (Wildman–Crippen MR) is 106 cm³/mol. The maximum atomic E-state index is 12.4. The Hall–Kier alpha value is -3.15. The Balaban J connectivity index is 1.57. The molecule has 6 nitrogen and oxygen atoms in total. The van der Waals surface area contributed by atoms with Gasteiger partial charge in [0.05, 0.1) is 17.2 Å². The molecule has 2 amide bonds. The van der Waals surface area contributed by atoms with Crippen molar-refractivity contribution in [1.82, 2.24) is 5.32 Å². The molecule has 6 heteroatoms. The van der Waals surface area contributed by atoms with E-state index < -0.39 is 24.4 Å². The minimum absolute atomic E-state index is 0.217. The van der Waals surface area contributed by atoms with Crippen LogP contribution < -0.4 is 10.6 Å². The number of nitrogens with one attached hydrogen (secondary N) is 2. The van der Waals surface area contributed by atoms with Gasteiger partial charge in [0.15, 0.2) is 6.61 Å². The summed E-state index contributed by atoms with van der Waals surface area (Å²) in [7, 11) is 0. The van der Waals surface area contributed by atoms with Crippen LogP contribution in [0.3, 0.4) is 0 Å². The summed E-state index contributed by atoms with van der Waals surface area (Å²) in [6.45, 7) is 1.49. The fraction of sp³-hybridized carbons (Fsp3) is 0.318. The minimum atomic E-state index is -0.483. The molecule has 1 fully saturated rings. The molecule has 0 heterocycles. The number of amides is 2. The summed E-state index contributed by atoms with van der Waals surface area (Å²) in [5.41, 5.74) is 1.65. The third kappa shape index (κ3) is 5.19. The SMILES string of the molecule is CC[C@H](C(=O)OCC(=O)Nc1ccccc1C(=O)NC1CC1)c1ccccc1. The highest BCUT2D eigenvalue weighted by atomic mass is 16.5. The summed E-state index contributed by atoms with van der Waals surface area (Å²) in [5.74, 6) is -1.55. The first-order valence-corrected chi connectivity index (χ1v) is 9.49. The normalized spacial score (nSPS) is 14.0. The van der Waals surface area contributed by atoms with E-state index in [1.54, 1.807) is 24.3 Å². The van der Waals surface area contributed by atoms with Gasteiger partial charge in [0.25, 0.3) is 11.8 Å². The van der Waals surface area contributed by atoms with E-state index in [2.05, 4.69) is 10.6 Å². The predicted octanol–water partition coefficient (Wildman–Crippen LogP) is 3.25. The summed E-state index contributed by atoms with van der Waals surface area (Å²) in [6.07, 6.45) is 2.54. The highest BCUT2D eigenvalue weighted by molar-refractivity contribution is 6.04. The summed E-state index contributed by atoms with van der Waals surface area (Å²) < 4.78 is 5.21. The van der Waals surface area contributed by atoms with E-state index in [4.69, 9.17) is 4.74 Å². The van der Waals surface area contributed by atoms with Gasteiger partial charge in [-0.1, -0.05) is 49.4 Å². The van der Waals surface area contributed by atoms with E-state index in [9.17, 15) is 14.4 Å². The highest BCUT2D eigenvalue weighted by Gasteiger charge is 2.25. The molecular formula is C22H24N2O4. The van der Waals surface area contributed by atoms with Gasteiger partial charge in [0.2, 0.25) is 0 Å². The topological polar surface area (TPSA) is 84.5 Å². The first-order valence-electron chi connectivity index (χ1n) is 9.49. The van der Waals surface area contributed by atoms with Gasteiger partial charge >= 0.3 is 5.97 Å². The van der Waals surface area contributed by atoms with Gasteiger partial charge in [0, 0.05) is 6.04 Å². The van der Waals surface area contributed by atoms with Crippen molar-refractivity contribution in [3.63, 3.8) is 0 Å². The van der Waals surface area contributed by atoms with Crippen LogP contribution >= 0.6 is 0 Å². The van der Waals surface area contributed by atoms with Gasteiger partial charge in [-0.05, 0) is 37.0 Å². The minimum Gasteiger partial charge on any atom is -0.455 e. The second kappa shape index (κ2) is 9.17. The molecule has 28 heavy (non-hydrogen) atoms. The Labute approximate surface area is 164 Å². The number of rotatable bonds is 8. The van der Waals surface area contributed by atoms with Crippen molar-refractivity contribution in [3.05, 3.63) is 65.7 Å². The highest BCUT2D eigenvalue weighted by Crippen LogP contribution is 2.22. The lowest BCUT2D eigenvalue weighted by Crippen LogP contribution is -2.28. The molecule has 1 aliphatic rings. The van der Waals surface area contributed by atoms with Crippen molar-refractivity contribution in [2.45, 2.75) is 38.1 Å². The molecule has 2 aromatic rings. The fourth-order valence-electron chi connectivity index (χ4n) is 2.93. The second-order valence-corrected chi connectivity index (χ2v) is 6.82. The van der Waals surface area contributed by atoms with Crippen LogP contribution in [0.25, 0.3) is 0 Å². The number of para-hydroxylation sites is 1. The molecule has 1 aliphatic carbocycles. The molecular weight excluding hydrogens is 356 g/mol. The maximum Gasteiger partial charge on any atom is 0.313 e. The summed E-state index contributed by atoms with van der Waals surface area (Å²) in [4.78, 5) is 36.9. The number of hydrogen-bond acceptors (Lipinski definition) is 4. The second-order valence-electron chi connectivity index (χ2n) is 6.82. The quantitative estimate of drug-likeness (QED) is 0.689. The zero-order valence-corrected chi connectivity index (χ0v) is 15.8. The molecule has 0 spiro atoms. The van der Waals surface area contributed by atoms with Crippen LogP contribution in [0.4, 0.5) is 5.69 Å². The number of carbonyl (C=O) groups is 3. The Morgan fingerprint density at radius 1 is 1.04 bits per heavy atom. The molecule has 146 valence electrons. The zero-order valence-electron chi connectivity index (χ0n) is 15.8. The van der Waals surface area contributed by atoms with Crippen LogP contribution in [0.5, 0.6) is 0 Å². The van der Waals surface area contributed by atoms with Crippen molar-refractivity contribution in [2.24, 2.45) is 0 Å².